The van der Waals surface area contributed by atoms with Crippen LogP contribution in [0.15, 0.2) is 17.2 Å². The molecule has 0 saturated carbocycles. The third-order valence-electron chi connectivity index (χ3n) is 2.58. The average Bonchev–Trinajstić information content (AvgIpc) is 2.62. The Balaban J connectivity index is 0.00000180. The van der Waals surface area contributed by atoms with Crippen LogP contribution in [0.3, 0.4) is 0 Å². The van der Waals surface area contributed by atoms with Crippen molar-refractivity contribution < 1.29 is 8.42 Å². The molecule has 0 aliphatic rings. The van der Waals surface area contributed by atoms with Crippen LogP contribution in [-0.2, 0) is 17.1 Å². The molecule has 0 fully saturated rings. The van der Waals surface area contributed by atoms with Crippen LogP contribution in [0.4, 0.5) is 0 Å². The Bertz CT molecular complexity index is 683. The molecule has 0 aliphatic carbocycles. The first-order valence-electron chi connectivity index (χ1n) is 5.45. The van der Waals surface area contributed by atoms with E-state index in [-0.39, 0.29) is 30.4 Å². The number of nitrogens with one attached hydrogen (secondary N) is 1. The van der Waals surface area contributed by atoms with Gasteiger partial charge in [-0.2, -0.15) is 5.10 Å². The zero-order valence-electron chi connectivity index (χ0n) is 10.6. The fourth-order valence-corrected chi connectivity index (χ4v) is 2.73. The van der Waals surface area contributed by atoms with Gasteiger partial charge >= 0.3 is 0 Å². The second-order valence-corrected chi connectivity index (χ2v) is 5.70. The lowest BCUT2D eigenvalue weighted by atomic mass is 10.3. The molecule has 3 N–H and O–H groups in total. The second kappa shape index (κ2) is 5.83. The van der Waals surface area contributed by atoms with Crippen LogP contribution >= 0.6 is 12.4 Å². The Morgan fingerprint density at radius 3 is 2.79 bits per heavy atom. The van der Waals surface area contributed by atoms with Crippen LogP contribution in [0.25, 0.3) is 11.0 Å². The van der Waals surface area contributed by atoms with E-state index in [2.05, 4.69) is 14.8 Å². The van der Waals surface area contributed by atoms with Crippen LogP contribution in [0.2, 0.25) is 0 Å². The third kappa shape index (κ3) is 3.03. The van der Waals surface area contributed by atoms with E-state index in [4.69, 9.17) is 5.73 Å². The van der Waals surface area contributed by atoms with Gasteiger partial charge in [0.15, 0.2) is 5.65 Å². The largest absolute Gasteiger partial charge is 0.329 e. The van der Waals surface area contributed by atoms with E-state index < -0.39 is 10.0 Å². The second-order valence-electron chi connectivity index (χ2n) is 3.94. The number of hydrogen-bond acceptors (Lipinski definition) is 5. The summed E-state index contributed by atoms with van der Waals surface area (Å²) in [6, 6.07) is 1.57. The fourth-order valence-electron chi connectivity index (χ4n) is 1.71. The summed E-state index contributed by atoms with van der Waals surface area (Å²) in [7, 11) is -1.78. The lowest BCUT2D eigenvalue weighted by Crippen LogP contribution is -2.29. The SMILES string of the molecule is Cc1nn(C)c2ncc(S(=O)(=O)NCCN)cc12.Cl. The topological polar surface area (TPSA) is 103 Å². The molecule has 2 rings (SSSR count). The van der Waals surface area contributed by atoms with Crippen LogP contribution in [0.5, 0.6) is 0 Å². The van der Waals surface area contributed by atoms with Crippen molar-refractivity contribution in [1.82, 2.24) is 19.5 Å². The number of nitrogens with zero attached hydrogens (tertiary/aromatic N) is 3. The van der Waals surface area contributed by atoms with Crippen molar-refractivity contribution >= 4 is 33.5 Å². The first-order valence-corrected chi connectivity index (χ1v) is 6.93. The summed E-state index contributed by atoms with van der Waals surface area (Å²) in [6.07, 6.45) is 1.32. The Morgan fingerprint density at radius 2 is 2.16 bits per heavy atom. The Morgan fingerprint density at radius 1 is 1.47 bits per heavy atom. The quantitative estimate of drug-likeness (QED) is 0.823. The van der Waals surface area contributed by atoms with Gasteiger partial charge in [-0.1, -0.05) is 0 Å². The maximum atomic E-state index is 11.9. The van der Waals surface area contributed by atoms with Crippen molar-refractivity contribution in [3.8, 4) is 0 Å². The maximum absolute atomic E-state index is 11.9. The van der Waals surface area contributed by atoms with Gasteiger partial charge in [-0.25, -0.2) is 18.1 Å². The molecule has 0 saturated heterocycles. The number of fused-ring (bicyclic) bond motifs is 1. The average molecular weight is 306 g/mol. The molecule has 2 aromatic rings. The lowest BCUT2D eigenvalue weighted by Gasteiger charge is -2.05. The highest BCUT2D eigenvalue weighted by Crippen LogP contribution is 2.18. The molecule has 0 amide bonds. The number of halogens is 1. The summed E-state index contributed by atoms with van der Waals surface area (Å²) < 4.78 is 27.9. The third-order valence-corrected chi connectivity index (χ3v) is 4.01. The zero-order chi connectivity index (χ0) is 13.3. The summed E-state index contributed by atoms with van der Waals surface area (Å²) in [4.78, 5) is 4.25. The molecule has 9 heteroatoms. The summed E-state index contributed by atoms with van der Waals surface area (Å²) in [5, 5.41) is 4.92. The van der Waals surface area contributed by atoms with Gasteiger partial charge in [-0.15, -0.1) is 12.4 Å². The van der Waals surface area contributed by atoms with Crippen LogP contribution < -0.4 is 10.5 Å². The Kier molecular flexibility index (Phi) is 4.86. The highest BCUT2D eigenvalue weighted by molar-refractivity contribution is 7.89. The maximum Gasteiger partial charge on any atom is 0.242 e. The van der Waals surface area contributed by atoms with E-state index in [0.29, 0.717) is 5.65 Å². The smallest absolute Gasteiger partial charge is 0.242 e. The van der Waals surface area contributed by atoms with E-state index in [0.717, 1.165) is 11.1 Å². The van der Waals surface area contributed by atoms with Crippen molar-refractivity contribution in [1.29, 1.82) is 0 Å². The molecule has 2 aromatic heterocycles. The molecule has 2 heterocycles. The number of rotatable bonds is 4. The summed E-state index contributed by atoms with van der Waals surface area (Å²) in [6.45, 7) is 2.26. The summed E-state index contributed by atoms with van der Waals surface area (Å²) in [5.74, 6) is 0. The van der Waals surface area contributed by atoms with Gasteiger partial charge in [-0.05, 0) is 13.0 Å². The van der Waals surface area contributed by atoms with Gasteiger partial charge in [0.05, 0.1) is 5.69 Å². The number of pyridine rings is 1. The van der Waals surface area contributed by atoms with Crippen molar-refractivity contribution in [2.45, 2.75) is 11.8 Å². The molecular formula is C10H16ClN5O2S. The highest BCUT2D eigenvalue weighted by Gasteiger charge is 2.16. The Labute approximate surface area is 117 Å². The molecule has 7 nitrogen and oxygen atoms in total. The number of aromatic nitrogens is 3. The lowest BCUT2D eigenvalue weighted by molar-refractivity contribution is 0.582. The van der Waals surface area contributed by atoms with Crippen molar-refractivity contribution in [3.05, 3.63) is 18.0 Å². The first kappa shape index (κ1) is 15.8. The first-order chi connectivity index (χ1) is 8.45. The standard InChI is InChI=1S/C10H15N5O2S.ClH/c1-7-9-5-8(18(16,17)13-4-3-11)6-12-10(9)15(2)14-7;/h5-6,13H,3-4,11H2,1-2H3;1H. The van der Waals surface area contributed by atoms with Gasteiger partial charge in [0, 0.05) is 31.7 Å². The normalized spacial score (nSPS) is 11.5. The monoisotopic (exact) mass is 305 g/mol. The molecule has 0 radical (unpaired) electrons. The van der Waals surface area contributed by atoms with Gasteiger partial charge in [0.25, 0.3) is 0 Å². The molecule has 0 unspecified atom stereocenters. The number of hydrogen-bond donors (Lipinski definition) is 2. The zero-order valence-corrected chi connectivity index (χ0v) is 12.3. The predicted octanol–water partition coefficient (Wildman–Crippen LogP) is -0.0645. The summed E-state index contributed by atoms with van der Waals surface area (Å²) >= 11 is 0. The molecule has 19 heavy (non-hydrogen) atoms. The number of nitrogens with two attached hydrogens (primary N) is 1. The predicted molar refractivity (Wildman–Crippen MR) is 74.7 cm³/mol. The van der Waals surface area contributed by atoms with E-state index in [1.807, 2.05) is 6.92 Å². The fraction of sp³-hybridized carbons (Fsp3) is 0.400. The van der Waals surface area contributed by atoms with Crippen molar-refractivity contribution in [3.63, 3.8) is 0 Å². The highest BCUT2D eigenvalue weighted by atomic mass is 35.5. The number of sulfonamides is 1. The molecule has 0 atom stereocenters. The van der Waals surface area contributed by atoms with Gasteiger partial charge in [0.2, 0.25) is 10.0 Å². The van der Waals surface area contributed by atoms with Crippen LogP contribution in [-0.4, -0.2) is 36.3 Å². The van der Waals surface area contributed by atoms with E-state index >= 15 is 0 Å². The molecule has 0 spiro atoms. The van der Waals surface area contributed by atoms with Gasteiger partial charge < -0.3 is 5.73 Å². The molecule has 0 aromatic carbocycles. The minimum Gasteiger partial charge on any atom is -0.329 e. The van der Waals surface area contributed by atoms with Gasteiger partial charge in [0.1, 0.15) is 4.90 Å². The van der Waals surface area contributed by atoms with Gasteiger partial charge in [-0.3, -0.25) is 4.68 Å². The van der Waals surface area contributed by atoms with E-state index in [1.165, 1.54) is 6.20 Å². The molecule has 106 valence electrons. The molecular weight excluding hydrogens is 290 g/mol. The molecule has 0 bridgehead atoms. The minimum atomic E-state index is -3.55. The minimum absolute atomic E-state index is 0. The van der Waals surface area contributed by atoms with Crippen LogP contribution in [0, 0.1) is 6.92 Å². The van der Waals surface area contributed by atoms with Crippen LogP contribution in [0.1, 0.15) is 5.69 Å². The number of aryl methyl sites for hydroxylation is 2. The Hall–Kier alpha value is -1.22. The van der Waals surface area contributed by atoms with E-state index in [9.17, 15) is 8.42 Å². The summed E-state index contributed by atoms with van der Waals surface area (Å²) in [5.41, 5.74) is 6.68. The molecule has 0 aliphatic heterocycles. The van der Waals surface area contributed by atoms with Crippen molar-refractivity contribution in [2.75, 3.05) is 13.1 Å². The van der Waals surface area contributed by atoms with E-state index in [1.54, 1.807) is 17.8 Å². The van der Waals surface area contributed by atoms with Crippen molar-refractivity contribution in [2.24, 2.45) is 12.8 Å².